The van der Waals surface area contributed by atoms with E-state index < -0.39 is 0 Å². The van der Waals surface area contributed by atoms with E-state index in [0.29, 0.717) is 44.0 Å². The number of anilines is 1. The van der Waals surface area contributed by atoms with E-state index >= 15 is 0 Å². The van der Waals surface area contributed by atoms with Gasteiger partial charge in [0, 0.05) is 27.9 Å². The highest BCUT2D eigenvalue weighted by Gasteiger charge is 2.17. The van der Waals surface area contributed by atoms with Crippen LogP contribution >= 0.6 is 22.6 Å². The third kappa shape index (κ3) is 5.02. The van der Waals surface area contributed by atoms with Crippen molar-refractivity contribution < 1.29 is 14.3 Å². The molecular weight excluding hydrogens is 431 g/mol. The number of halogens is 1. The van der Waals surface area contributed by atoms with Crippen LogP contribution in [0.15, 0.2) is 48.5 Å². The van der Waals surface area contributed by atoms with Crippen molar-refractivity contribution in [1.29, 1.82) is 0 Å². The van der Waals surface area contributed by atoms with Crippen molar-refractivity contribution in [1.82, 2.24) is 4.90 Å². The molecule has 3 rings (SSSR count). The highest BCUT2D eigenvalue weighted by molar-refractivity contribution is 14.1. The first-order valence-electron chi connectivity index (χ1n) is 8.13. The van der Waals surface area contributed by atoms with Gasteiger partial charge in [0.25, 0.3) is 5.91 Å². The third-order valence-corrected chi connectivity index (χ3v) is 4.69. The molecule has 1 aliphatic rings. The molecule has 1 aliphatic heterocycles. The average molecular weight is 450 g/mol. The molecule has 2 aromatic rings. The van der Waals surface area contributed by atoms with Crippen LogP contribution in [-0.4, -0.2) is 43.0 Å². The van der Waals surface area contributed by atoms with Crippen molar-refractivity contribution in [2.75, 3.05) is 31.6 Å². The second kappa shape index (κ2) is 8.44. The molecule has 5 nitrogen and oxygen atoms in total. The fourth-order valence-corrected chi connectivity index (χ4v) is 3.18. The Morgan fingerprint density at radius 2 is 1.80 bits per heavy atom. The second-order valence-electron chi connectivity index (χ2n) is 5.83. The van der Waals surface area contributed by atoms with Crippen molar-refractivity contribution in [3.8, 4) is 0 Å². The number of morpholine rings is 1. The zero-order chi connectivity index (χ0) is 17.6. The van der Waals surface area contributed by atoms with Gasteiger partial charge in [-0.15, -0.1) is 0 Å². The van der Waals surface area contributed by atoms with Gasteiger partial charge in [-0.25, -0.2) is 0 Å². The largest absolute Gasteiger partial charge is 0.378 e. The van der Waals surface area contributed by atoms with E-state index in [0.717, 1.165) is 9.13 Å². The normalized spacial score (nSPS) is 14.2. The molecule has 6 heteroatoms. The van der Waals surface area contributed by atoms with Gasteiger partial charge in [-0.3, -0.25) is 9.59 Å². The molecular formula is C19H19IN2O3. The van der Waals surface area contributed by atoms with E-state index in [9.17, 15) is 9.59 Å². The Morgan fingerprint density at radius 1 is 1.08 bits per heavy atom. The van der Waals surface area contributed by atoms with Crippen molar-refractivity contribution in [2.45, 2.75) is 6.42 Å². The van der Waals surface area contributed by atoms with Crippen LogP contribution in [0.25, 0.3) is 0 Å². The van der Waals surface area contributed by atoms with Crippen LogP contribution in [0.3, 0.4) is 0 Å². The summed E-state index contributed by atoms with van der Waals surface area (Å²) >= 11 is 2.18. The molecule has 0 saturated carbocycles. The molecule has 1 fully saturated rings. The Hall–Kier alpha value is -1.93. The number of benzene rings is 2. The summed E-state index contributed by atoms with van der Waals surface area (Å²) in [6, 6.07) is 14.8. The van der Waals surface area contributed by atoms with E-state index in [-0.39, 0.29) is 11.8 Å². The fourth-order valence-electron chi connectivity index (χ4n) is 2.64. The number of carbonyl (C=O) groups excluding carboxylic acids is 2. The maximum atomic E-state index is 12.2. The first kappa shape index (κ1) is 17.9. The molecule has 0 spiro atoms. The van der Waals surface area contributed by atoms with Crippen LogP contribution in [0.2, 0.25) is 0 Å². The summed E-state index contributed by atoms with van der Waals surface area (Å²) in [5.74, 6) is -0.0328. The molecule has 2 amide bonds. The van der Waals surface area contributed by atoms with Gasteiger partial charge in [-0.2, -0.15) is 0 Å². The molecule has 1 saturated heterocycles. The van der Waals surface area contributed by atoms with E-state index in [4.69, 9.17) is 4.74 Å². The second-order valence-corrected chi connectivity index (χ2v) is 7.08. The minimum atomic E-state index is -0.143. The zero-order valence-corrected chi connectivity index (χ0v) is 15.9. The molecule has 0 atom stereocenters. The summed E-state index contributed by atoms with van der Waals surface area (Å²) < 4.78 is 6.28. The first-order valence-corrected chi connectivity index (χ1v) is 9.21. The number of ether oxygens (including phenoxy) is 1. The van der Waals surface area contributed by atoms with E-state index in [1.54, 1.807) is 6.07 Å². The molecule has 0 aliphatic carbocycles. The number of hydrogen-bond acceptors (Lipinski definition) is 3. The Bertz CT molecular complexity index is 756. The van der Waals surface area contributed by atoms with Crippen molar-refractivity contribution in [3.63, 3.8) is 0 Å². The standard InChI is InChI=1S/C19H19IN2O3/c20-16-3-1-2-15(13-16)19(24)21-17-6-4-14(5-7-17)12-18(23)22-8-10-25-11-9-22/h1-7,13H,8-12H2,(H,21,24). The van der Waals surface area contributed by atoms with Crippen LogP contribution in [0, 0.1) is 3.57 Å². The highest BCUT2D eigenvalue weighted by atomic mass is 127. The van der Waals surface area contributed by atoms with Gasteiger partial charge in [0.2, 0.25) is 5.91 Å². The number of amides is 2. The smallest absolute Gasteiger partial charge is 0.255 e. The van der Waals surface area contributed by atoms with Gasteiger partial charge in [0.15, 0.2) is 0 Å². The Morgan fingerprint density at radius 3 is 2.48 bits per heavy atom. The van der Waals surface area contributed by atoms with E-state index in [2.05, 4.69) is 27.9 Å². The maximum Gasteiger partial charge on any atom is 0.255 e. The van der Waals surface area contributed by atoms with Crippen molar-refractivity contribution in [2.24, 2.45) is 0 Å². The lowest BCUT2D eigenvalue weighted by Crippen LogP contribution is -2.41. The number of rotatable bonds is 4. The number of nitrogens with one attached hydrogen (secondary N) is 1. The van der Waals surface area contributed by atoms with Crippen LogP contribution in [0.5, 0.6) is 0 Å². The third-order valence-electron chi connectivity index (χ3n) is 4.02. The molecule has 25 heavy (non-hydrogen) atoms. The SMILES string of the molecule is O=C(Nc1ccc(CC(=O)N2CCOCC2)cc1)c1cccc(I)c1. The lowest BCUT2D eigenvalue weighted by molar-refractivity contribution is -0.134. The van der Waals surface area contributed by atoms with Gasteiger partial charge in [-0.05, 0) is 58.5 Å². The Labute approximate surface area is 160 Å². The minimum Gasteiger partial charge on any atom is -0.378 e. The van der Waals surface area contributed by atoms with Gasteiger partial charge in [0.05, 0.1) is 19.6 Å². The first-order chi connectivity index (χ1) is 12.1. The molecule has 1 heterocycles. The molecule has 2 aromatic carbocycles. The minimum absolute atomic E-state index is 0.110. The Balaban J connectivity index is 1.58. The molecule has 130 valence electrons. The fraction of sp³-hybridized carbons (Fsp3) is 0.263. The topological polar surface area (TPSA) is 58.6 Å². The lowest BCUT2D eigenvalue weighted by Gasteiger charge is -2.26. The van der Waals surface area contributed by atoms with Gasteiger partial charge in [-0.1, -0.05) is 18.2 Å². The molecule has 0 unspecified atom stereocenters. The van der Waals surface area contributed by atoms with Gasteiger partial charge >= 0.3 is 0 Å². The van der Waals surface area contributed by atoms with Crippen LogP contribution in [0.1, 0.15) is 15.9 Å². The Kier molecular flexibility index (Phi) is 6.04. The van der Waals surface area contributed by atoms with E-state index in [1.165, 1.54) is 0 Å². The average Bonchev–Trinajstić information content (AvgIpc) is 2.64. The van der Waals surface area contributed by atoms with Crippen LogP contribution < -0.4 is 5.32 Å². The number of carbonyl (C=O) groups is 2. The number of hydrogen-bond donors (Lipinski definition) is 1. The summed E-state index contributed by atoms with van der Waals surface area (Å²) in [5.41, 5.74) is 2.27. The molecule has 1 N–H and O–H groups in total. The predicted molar refractivity (Wildman–Crippen MR) is 105 cm³/mol. The van der Waals surface area contributed by atoms with E-state index in [1.807, 2.05) is 47.4 Å². The summed E-state index contributed by atoms with van der Waals surface area (Å²) in [7, 11) is 0. The summed E-state index contributed by atoms with van der Waals surface area (Å²) in [4.78, 5) is 26.3. The monoisotopic (exact) mass is 450 g/mol. The summed E-state index contributed by atoms with van der Waals surface area (Å²) in [6.07, 6.45) is 0.366. The van der Waals surface area contributed by atoms with Gasteiger partial charge < -0.3 is 15.0 Å². The lowest BCUT2D eigenvalue weighted by atomic mass is 10.1. The molecule has 0 radical (unpaired) electrons. The van der Waals surface area contributed by atoms with Crippen LogP contribution in [0.4, 0.5) is 5.69 Å². The maximum absolute atomic E-state index is 12.2. The number of nitrogens with zero attached hydrogens (tertiary/aromatic N) is 1. The molecule has 0 bridgehead atoms. The quantitative estimate of drug-likeness (QED) is 0.730. The van der Waals surface area contributed by atoms with Crippen molar-refractivity contribution >= 4 is 40.1 Å². The summed E-state index contributed by atoms with van der Waals surface area (Å²) in [6.45, 7) is 2.52. The van der Waals surface area contributed by atoms with Gasteiger partial charge in [0.1, 0.15) is 0 Å². The zero-order valence-electron chi connectivity index (χ0n) is 13.7. The molecule has 0 aromatic heterocycles. The predicted octanol–water partition coefficient (Wildman–Crippen LogP) is 2.94. The van der Waals surface area contributed by atoms with Crippen LogP contribution in [-0.2, 0) is 16.0 Å². The summed E-state index contributed by atoms with van der Waals surface area (Å²) in [5, 5.41) is 2.88. The van der Waals surface area contributed by atoms with Crippen molar-refractivity contribution in [3.05, 3.63) is 63.2 Å². The highest BCUT2D eigenvalue weighted by Crippen LogP contribution is 2.14.